The van der Waals surface area contributed by atoms with Crippen molar-refractivity contribution in [1.82, 2.24) is 5.16 Å². The number of sulfone groups is 1. The van der Waals surface area contributed by atoms with Gasteiger partial charge in [0.2, 0.25) is 11.8 Å². The molecule has 1 aliphatic rings. The molecule has 1 amide bonds. The number of carbonyl (C=O) groups excluding carboxylic acids is 1. The molecule has 8 nitrogen and oxygen atoms in total. The third-order valence-corrected chi connectivity index (χ3v) is 7.93. The van der Waals surface area contributed by atoms with Gasteiger partial charge >= 0.3 is 0 Å². The second-order valence-electron chi connectivity index (χ2n) is 7.92. The van der Waals surface area contributed by atoms with Crippen LogP contribution in [0.5, 0.6) is 0 Å². The van der Waals surface area contributed by atoms with E-state index in [1.807, 2.05) is 20.8 Å². The average Bonchev–Trinajstić information content (AvgIpc) is 3.10. The molecule has 0 aliphatic carbocycles. The van der Waals surface area contributed by atoms with Gasteiger partial charge in [0.15, 0.2) is 9.84 Å². The van der Waals surface area contributed by atoms with Crippen molar-refractivity contribution in [2.75, 3.05) is 31.7 Å². The summed E-state index contributed by atoms with van der Waals surface area (Å²) in [6, 6.07) is 1.61. The summed E-state index contributed by atoms with van der Waals surface area (Å²) in [5.41, 5.74) is 0.225. The number of ether oxygens (including phenoxy) is 2. The first-order chi connectivity index (χ1) is 12.5. The Kier molecular flexibility index (Phi) is 6.70. The van der Waals surface area contributed by atoms with Crippen molar-refractivity contribution in [3.8, 4) is 0 Å². The van der Waals surface area contributed by atoms with E-state index in [4.69, 9.17) is 14.0 Å². The Morgan fingerprint density at radius 2 is 1.93 bits per heavy atom. The van der Waals surface area contributed by atoms with Gasteiger partial charge in [0.05, 0.1) is 17.6 Å². The van der Waals surface area contributed by atoms with Gasteiger partial charge in [0, 0.05) is 31.3 Å². The summed E-state index contributed by atoms with van der Waals surface area (Å²) in [6.45, 7) is 10.5. The maximum Gasteiger partial charge on any atom is 0.247 e. The lowest BCUT2D eigenvalue weighted by atomic mass is 9.90. The summed E-state index contributed by atoms with van der Waals surface area (Å²) in [7, 11) is -3.69. The number of hydrogen-bond acceptors (Lipinski definition) is 7. The Bertz CT molecular complexity index is 748. The molecule has 1 aliphatic heterocycles. The molecule has 0 bridgehead atoms. The molecule has 154 valence electrons. The Balaban J connectivity index is 2.12. The number of nitrogens with one attached hydrogen (secondary N) is 1. The Morgan fingerprint density at radius 1 is 1.30 bits per heavy atom. The summed E-state index contributed by atoms with van der Waals surface area (Å²) in [5.74, 6) is -0.519. The molecule has 27 heavy (non-hydrogen) atoms. The normalized spacial score (nSPS) is 17.1. The predicted molar refractivity (Wildman–Crippen MR) is 101 cm³/mol. The molecule has 9 heteroatoms. The second-order valence-corrected chi connectivity index (χ2v) is 10.7. The van der Waals surface area contributed by atoms with E-state index in [9.17, 15) is 13.2 Å². The summed E-state index contributed by atoms with van der Waals surface area (Å²) >= 11 is 0. The zero-order chi connectivity index (χ0) is 20.3. The summed E-state index contributed by atoms with van der Waals surface area (Å²) < 4.78 is 40.2. The van der Waals surface area contributed by atoms with Crippen LogP contribution in [0.1, 0.15) is 53.2 Å². The standard InChI is InChI=1S/C18H30N2O6S/c1-6-24-12-17(2,3)14-11-15(26-20-14)19-16(21)18(4,5)27(22,23)13-7-9-25-10-8-13/h11,13H,6-10,12H2,1-5H3,(H,19,21). The van der Waals surface area contributed by atoms with Gasteiger partial charge < -0.3 is 14.0 Å². The smallest absolute Gasteiger partial charge is 0.247 e. The number of hydrogen-bond donors (Lipinski definition) is 1. The quantitative estimate of drug-likeness (QED) is 0.711. The maximum atomic E-state index is 12.9. The molecule has 2 heterocycles. The minimum Gasteiger partial charge on any atom is -0.381 e. The molecule has 1 fully saturated rings. The SMILES string of the molecule is CCOCC(C)(C)c1cc(NC(=O)C(C)(C)S(=O)(=O)C2CCOCC2)on1. The van der Waals surface area contributed by atoms with Gasteiger partial charge in [-0.2, -0.15) is 0 Å². The van der Waals surface area contributed by atoms with Crippen LogP contribution in [-0.2, 0) is 29.5 Å². The van der Waals surface area contributed by atoms with Gasteiger partial charge in [-0.15, -0.1) is 0 Å². The average molecular weight is 403 g/mol. The van der Waals surface area contributed by atoms with Crippen LogP contribution < -0.4 is 5.32 Å². The van der Waals surface area contributed by atoms with Crippen molar-refractivity contribution in [3.63, 3.8) is 0 Å². The summed E-state index contributed by atoms with van der Waals surface area (Å²) in [6.07, 6.45) is 0.800. The molecule has 0 saturated carbocycles. The van der Waals surface area contributed by atoms with Crippen molar-refractivity contribution in [1.29, 1.82) is 0 Å². The van der Waals surface area contributed by atoms with Crippen molar-refractivity contribution in [2.24, 2.45) is 0 Å². The van der Waals surface area contributed by atoms with Crippen LogP contribution >= 0.6 is 0 Å². The van der Waals surface area contributed by atoms with E-state index in [-0.39, 0.29) is 5.88 Å². The molecule has 2 rings (SSSR count). The molecular weight excluding hydrogens is 372 g/mol. The van der Waals surface area contributed by atoms with Crippen molar-refractivity contribution in [3.05, 3.63) is 11.8 Å². The fourth-order valence-corrected chi connectivity index (χ4v) is 4.83. The van der Waals surface area contributed by atoms with E-state index in [0.29, 0.717) is 45.0 Å². The molecule has 0 aromatic carbocycles. The first kappa shape index (κ1) is 21.8. The van der Waals surface area contributed by atoms with Gasteiger partial charge in [-0.3, -0.25) is 10.1 Å². The van der Waals surface area contributed by atoms with Gasteiger partial charge in [-0.25, -0.2) is 8.42 Å². The van der Waals surface area contributed by atoms with Crippen LogP contribution in [0.2, 0.25) is 0 Å². The molecule has 1 saturated heterocycles. The fourth-order valence-electron chi connectivity index (χ4n) is 2.88. The summed E-state index contributed by atoms with van der Waals surface area (Å²) in [4.78, 5) is 12.7. The molecule has 0 radical (unpaired) electrons. The van der Waals surface area contributed by atoms with Crippen LogP contribution in [-0.4, -0.2) is 55.9 Å². The van der Waals surface area contributed by atoms with Crippen LogP contribution in [0.15, 0.2) is 10.6 Å². The molecule has 0 unspecified atom stereocenters. The van der Waals surface area contributed by atoms with E-state index in [1.54, 1.807) is 6.07 Å². The molecule has 1 aromatic rings. The number of anilines is 1. The third kappa shape index (κ3) is 4.70. The van der Waals surface area contributed by atoms with Crippen LogP contribution in [0.4, 0.5) is 5.88 Å². The van der Waals surface area contributed by atoms with Crippen molar-refractivity contribution >= 4 is 21.6 Å². The largest absolute Gasteiger partial charge is 0.381 e. The van der Waals surface area contributed by atoms with E-state index < -0.39 is 31.2 Å². The Morgan fingerprint density at radius 3 is 2.52 bits per heavy atom. The molecular formula is C18H30N2O6S. The van der Waals surface area contributed by atoms with Crippen molar-refractivity contribution < 1.29 is 27.2 Å². The van der Waals surface area contributed by atoms with E-state index in [1.165, 1.54) is 13.8 Å². The minimum atomic E-state index is -3.69. The van der Waals surface area contributed by atoms with Gasteiger partial charge in [0.1, 0.15) is 4.75 Å². The highest BCUT2D eigenvalue weighted by atomic mass is 32.2. The minimum absolute atomic E-state index is 0.120. The van der Waals surface area contributed by atoms with E-state index in [0.717, 1.165) is 0 Å². The van der Waals surface area contributed by atoms with Crippen molar-refractivity contribution in [2.45, 2.75) is 62.9 Å². The van der Waals surface area contributed by atoms with Crippen LogP contribution in [0, 0.1) is 0 Å². The lowest BCUT2D eigenvalue weighted by Gasteiger charge is -2.30. The van der Waals surface area contributed by atoms with Gasteiger partial charge in [0.25, 0.3) is 0 Å². The molecule has 1 aromatic heterocycles. The van der Waals surface area contributed by atoms with Crippen LogP contribution in [0.3, 0.4) is 0 Å². The number of nitrogens with zero attached hydrogens (tertiary/aromatic N) is 1. The lowest BCUT2D eigenvalue weighted by Crippen LogP contribution is -2.50. The van der Waals surface area contributed by atoms with Gasteiger partial charge in [-0.05, 0) is 33.6 Å². The number of aromatic nitrogens is 1. The second kappa shape index (κ2) is 8.28. The summed E-state index contributed by atoms with van der Waals surface area (Å²) in [5, 5.41) is 5.97. The lowest BCUT2D eigenvalue weighted by molar-refractivity contribution is -0.118. The zero-order valence-electron chi connectivity index (χ0n) is 16.7. The first-order valence-electron chi connectivity index (χ1n) is 9.20. The van der Waals surface area contributed by atoms with E-state index >= 15 is 0 Å². The number of amides is 1. The molecule has 1 N–H and O–H groups in total. The third-order valence-electron chi connectivity index (χ3n) is 4.97. The first-order valence-corrected chi connectivity index (χ1v) is 10.7. The zero-order valence-corrected chi connectivity index (χ0v) is 17.5. The van der Waals surface area contributed by atoms with Gasteiger partial charge in [-0.1, -0.05) is 19.0 Å². The highest BCUT2D eigenvalue weighted by molar-refractivity contribution is 7.94. The topological polar surface area (TPSA) is 108 Å². The maximum absolute atomic E-state index is 12.9. The fraction of sp³-hybridized carbons (Fsp3) is 0.778. The molecule has 0 atom stereocenters. The number of rotatable bonds is 8. The Hall–Kier alpha value is -1.45. The Labute approximate surface area is 160 Å². The highest BCUT2D eigenvalue weighted by Crippen LogP contribution is 2.30. The van der Waals surface area contributed by atoms with E-state index in [2.05, 4.69) is 10.5 Å². The monoisotopic (exact) mass is 402 g/mol. The molecule has 0 spiro atoms. The highest BCUT2D eigenvalue weighted by Gasteiger charge is 2.47. The predicted octanol–water partition coefficient (Wildman–Crippen LogP) is 2.30. The van der Waals surface area contributed by atoms with Crippen LogP contribution in [0.25, 0.3) is 0 Å². The number of carbonyl (C=O) groups is 1.